The number of para-hydroxylation sites is 1. The molecule has 9 nitrogen and oxygen atoms in total. The molecule has 9 heteroatoms. The van der Waals surface area contributed by atoms with Crippen LogP contribution in [-0.2, 0) is 11.3 Å². The van der Waals surface area contributed by atoms with Crippen molar-refractivity contribution >= 4 is 22.5 Å². The van der Waals surface area contributed by atoms with Gasteiger partial charge in [0.25, 0.3) is 5.56 Å². The molecule has 4 aromatic rings. The second-order valence-corrected chi connectivity index (χ2v) is 8.67. The van der Waals surface area contributed by atoms with Crippen LogP contribution in [0.15, 0.2) is 59.4 Å². The van der Waals surface area contributed by atoms with E-state index in [1.165, 1.54) is 4.68 Å². The molecule has 2 aromatic carbocycles. The van der Waals surface area contributed by atoms with E-state index in [1.54, 1.807) is 16.7 Å². The summed E-state index contributed by atoms with van der Waals surface area (Å²) < 4.78 is 8.35. The first kappa shape index (κ1) is 22.6. The fourth-order valence-electron chi connectivity index (χ4n) is 4.59. The standard InChI is InChI=1S/C26H28N6O3/c1-18-25-24(19(2)32(28-25)20-8-5-4-6-9-20)26(34)31(27-18)17-23(33)30-14-12-29(13-15-30)21-10-7-11-22(16-21)35-3/h4-11,16H,12-15,17H2,1-3H3. The lowest BCUT2D eigenvalue weighted by Gasteiger charge is -2.36. The summed E-state index contributed by atoms with van der Waals surface area (Å²) in [5, 5.41) is 9.55. The molecule has 5 rings (SSSR count). The second kappa shape index (κ2) is 9.25. The minimum atomic E-state index is -0.298. The molecule has 0 N–H and O–H groups in total. The van der Waals surface area contributed by atoms with E-state index >= 15 is 0 Å². The predicted molar refractivity (Wildman–Crippen MR) is 134 cm³/mol. The Labute approximate surface area is 203 Å². The highest BCUT2D eigenvalue weighted by Gasteiger charge is 2.24. The van der Waals surface area contributed by atoms with Crippen LogP contribution in [-0.4, -0.2) is 63.7 Å². The number of nitrogens with zero attached hydrogens (tertiary/aromatic N) is 6. The molecular weight excluding hydrogens is 444 g/mol. The van der Waals surface area contributed by atoms with E-state index in [1.807, 2.05) is 68.4 Å². The zero-order valence-corrected chi connectivity index (χ0v) is 20.1. The van der Waals surface area contributed by atoms with Gasteiger partial charge in [0.15, 0.2) is 0 Å². The Hall–Kier alpha value is -4.14. The number of hydrogen-bond donors (Lipinski definition) is 0. The molecule has 1 aliphatic heterocycles. The third kappa shape index (κ3) is 4.25. The molecule has 0 aliphatic carbocycles. The van der Waals surface area contributed by atoms with E-state index in [-0.39, 0.29) is 18.0 Å². The van der Waals surface area contributed by atoms with Crippen molar-refractivity contribution in [2.24, 2.45) is 0 Å². The van der Waals surface area contributed by atoms with Gasteiger partial charge in [-0.15, -0.1) is 0 Å². The van der Waals surface area contributed by atoms with Crippen molar-refractivity contribution in [3.8, 4) is 11.4 Å². The van der Waals surface area contributed by atoms with Crippen molar-refractivity contribution in [2.45, 2.75) is 20.4 Å². The molecule has 35 heavy (non-hydrogen) atoms. The summed E-state index contributed by atoms with van der Waals surface area (Å²) >= 11 is 0. The van der Waals surface area contributed by atoms with E-state index in [4.69, 9.17) is 4.74 Å². The van der Waals surface area contributed by atoms with Crippen LogP contribution in [0.2, 0.25) is 0 Å². The molecular formula is C26H28N6O3. The Balaban J connectivity index is 1.34. The molecule has 0 spiro atoms. The highest BCUT2D eigenvalue weighted by molar-refractivity contribution is 5.83. The molecule has 0 radical (unpaired) electrons. The van der Waals surface area contributed by atoms with Crippen LogP contribution in [0, 0.1) is 13.8 Å². The minimum Gasteiger partial charge on any atom is -0.497 e. The first-order valence-corrected chi connectivity index (χ1v) is 11.7. The fourth-order valence-corrected chi connectivity index (χ4v) is 4.59. The van der Waals surface area contributed by atoms with Crippen LogP contribution < -0.4 is 15.2 Å². The van der Waals surface area contributed by atoms with Gasteiger partial charge >= 0.3 is 0 Å². The lowest BCUT2D eigenvalue weighted by Crippen LogP contribution is -2.50. The zero-order valence-electron chi connectivity index (χ0n) is 20.1. The van der Waals surface area contributed by atoms with Crippen LogP contribution in [0.25, 0.3) is 16.6 Å². The van der Waals surface area contributed by atoms with Crippen molar-refractivity contribution < 1.29 is 9.53 Å². The van der Waals surface area contributed by atoms with Crippen LogP contribution in [0.1, 0.15) is 11.4 Å². The summed E-state index contributed by atoms with van der Waals surface area (Å²) in [5.41, 5.74) is 3.56. The van der Waals surface area contributed by atoms with E-state index in [2.05, 4.69) is 15.1 Å². The van der Waals surface area contributed by atoms with Crippen molar-refractivity contribution in [1.82, 2.24) is 24.5 Å². The number of aromatic nitrogens is 4. The molecule has 3 heterocycles. The Bertz CT molecular complexity index is 1430. The Kier molecular flexibility index (Phi) is 5.98. The lowest BCUT2D eigenvalue weighted by molar-refractivity contribution is -0.132. The first-order chi connectivity index (χ1) is 17.0. The van der Waals surface area contributed by atoms with Gasteiger partial charge in [-0.2, -0.15) is 10.2 Å². The lowest BCUT2D eigenvalue weighted by atomic mass is 10.2. The van der Waals surface area contributed by atoms with E-state index < -0.39 is 0 Å². The SMILES string of the molecule is COc1cccc(N2CCN(C(=O)Cn3nc(C)c4nn(-c5ccccc5)c(C)c4c3=O)CC2)c1. The monoisotopic (exact) mass is 472 g/mol. The van der Waals surface area contributed by atoms with E-state index in [0.29, 0.717) is 42.8 Å². The number of hydrogen-bond acceptors (Lipinski definition) is 6. The van der Waals surface area contributed by atoms with Crippen LogP contribution in [0.5, 0.6) is 5.75 Å². The van der Waals surface area contributed by atoms with Crippen LogP contribution >= 0.6 is 0 Å². The third-order valence-electron chi connectivity index (χ3n) is 6.51. The number of rotatable bonds is 5. The van der Waals surface area contributed by atoms with Gasteiger partial charge in [0.1, 0.15) is 17.8 Å². The summed E-state index contributed by atoms with van der Waals surface area (Å²) in [4.78, 5) is 30.4. The number of anilines is 1. The molecule has 0 saturated carbocycles. The number of amides is 1. The van der Waals surface area contributed by atoms with Crippen molar-refractivity contribution in [3.05, 3.63) is 76.3 Å². The second-order valence-electron chi connectivity index (χ2n) is 8.67. The van der Waals surface area contributed by atoms with E-state index in [0.717, 1.165) is 22.8 Å². The average molecular weight is 473 g/mol. The number of methoxy groups -OCH3 is 1. The highest BCUT2D eigenvalue weighted by Crippen LogP contribution is 2.23. The smallest absolute Gasteiger partial charge is 0.278 e. The minimum absolute atomic E-state index is 0.0925. The summed E-state index contributed by atoms with van der Waals surface area (Å²) in [6.45, 7) is 6.17. The Morgan fingerprint density at radius 1 is 0.943 bits per heavy atom. The topological polar surface area (TPSA) is 85.5 Å². The van der Waals surface area contributed by atoms with Crippen LogP contribution in [0.3, 0.4) is 0 Å². The third-order valence-corrected chi connectivity index (χ3v) is 6.51. The fraction of sp³-hybridized carbons (Fsp3) is 0.308. The molecule has 1 aliphatic rings. The van der Waals surface area contributed by atoms with Gasteiger partial charge in [-0.1, -0.05) is 24.3 Å². The maximum atomic E-state index is 13.3. The van der Waals surface area contributed by atoms with Gasteiger partial charge in [-0.05, 0) is 38.1 Å². The zero-order chi connectivity index (χ0) is 24.5. The van der Waals surface area contributed by atoms with Crippen molar-refractivity contribution in [2.75, 3.05) is 38.2 Å². The van der Waals surface area contributed by atoms with Gasteiger partial charge in [0.05, 0.1) is 29.6 Å². The maximum absolute atomic E-state index is 13.3. The van der Waals surface area contributed by atoms with Gasteiger partial charge in [0.2, 0.25) is 5.91 Å². The largest absolute Gasteiger partial charge is 0.497 e. The molecule has 180 valence electrons. The van der Waals surface area contributed by atoms with E-state index in [9.17, 15) is 9.59 Å². The maximum Gasteiger partial charge on any atom is 0.278 e. The average Bonchev–Trinajstić information content (AvgIpc) is 3.25. The van der Waals surface area contributed by atoms with Gasteiger partial charge in [-0.3, -0.25) is 9.59 Å². The Morgan fingerprint density at radius 3 is 2.37 bits per heavy atom. The molecule has 1 saturated heterocycles. The number of carbonyl (C=O) groups excluding carboxylic acids is 1. The van der Waals surface area contributed by atoms with Gasteiger partial charge in [-0.25, -0.2) is 9.36 Å². The number of piperazine rings is 1. The normalized spacial score (nSPS) is 13.9. The van der Waals surface area contributed by atoms with Gasteiger partial charge < -0.3 is 14.5 Å². The first-order valence-electron chi connectivity index (χ1n) is 11.7. The van der Waals surface area contributed by atoms with Crippen molar-refractivity contribution in [3.63, 3.8) is 0 Å². The highest BCUT2D eigenvalue weighted by atomic mass is 16.5. The Morgan fingerprint density at radius 2 is 1.66 bits per heavy atom. The predicted octanol–water partition coefficient (Wildman–Crippen LogP) is 2.56. The van der Waals surface area contributed by atoms with Crippen LogP contribution in [0.4, 0.5) is 5.69 Å². The molecule has 2 aromatic heterocycles. The summed E-state index contributed by atoms with van der Waals surface area (Å²) in [6, 6.07) is 17.6. The summed E-state index contributed by atoms with van der Waals surface area (Å²) in [5.74, 6) is 0.694. The number of fused-ring (bicyclic) bond motifs is 1. The number of ether oxygens (including phenoxy) is 1. The number of carbonyl (C=O) groups is 1. The molecule has 1 fully saturated rings. The molecule has 0 atom stereocenters. The quantitative estimate of drug-likeness (QED) is 0.444. The van der Waals surface area contributed by atoms with Crippen molar-refractivity contribution in [1.29, 1.82) is 0 Å². The molecule has 0 bridgehead atoms. The number of benzene rings is 2. The molecule has 0 unspecified atom stereocenters. The molecule has 1 amide bonds. The summed E-state index contributed by atoms with van der Waals surface area (Å²) in [6.07, 6.45) is 0. The summed E-state index contributed by atoms with van der Waals surface area (Å²) in [7, 11) is 1.65. The number of aryl methyl sites for hydroxylation is 2. The van der Waals surface area contributed by atoms with Gasteiger partial charge in [0, 0.05) is 37.9 Å².